The minimum atomic E-state index is -0.111. The van der Waals surface area contributed by atoms with Crippen molar-refractivity contribution < 1.29 is 4.79 Å². The van der Waals surface area contributed by atoms with Gasteiger partial charge in [-0.1, -0.05) is 39.5 Å². The van der Waals surface area contributed by atoms with Gasteiger partial charge >= 0.3 is 0 Å². The van der Waals surface area contributed by atoms with Crippen LogP contribution in [0.15, 0.2) is 6.07 Å². The van der Waals surface area contributed by atoms with Crippen molar-refractivity contribution in [1.82, 2.24) is 15.1 Å². The van der Waals surface area contributed by atoms with Gasteiger partial charge in [0.2, 0.25) is 0 Å². The Morgan fingerprint density at radius 1 is 1.35 bits per heavy atom. The highest BCUT2D eigenvalue weighted by molar-refractivity contribution is 5.92. The monoisotopic (exact) mass is 319 g/mol. The maximum Gasteiger partial charge on any atom is 0.271 e. The Kier molecular flexibility index (Phi) is 5.88. The number of nitrogens with one attached hydrogen (secondary N) is 1. The molecule has 4 nitrogen and oxygen atoms in total. The third-order valence-corrected chi connectivity index (χ3v) is 4.75. The van der Waals surface area contributed by atoms with E-state index in [0.29, 0.717) is 11.6 Å². The molecule has 23 heavy (non-hydrogen) atoms. The molecule has 1 aromatic rings. The summed E-state index contributed by atoms with van der Waals surface area (Å²) in [4.78, 5) is 12.4. The molecule has 1 N–H and O–H groups in total. The second-order valence-electron chi connectivity index (χ2n) is 8.24. The van der Waals surface area contributed by atoms with Gasteiger partial charge in [-0.3, -0.25) is 9.48 Å². The average Bonchev–Trinajstić information content (AvgIpc) is 3.11. The van der Waals surface area contributed by atoms with Gasteiger partial charge in [0.1, 0.15) is 5.69 Å². The van der Waals surface area contributed by atoms with Gasteiger partial charge in [-0.05, 0) is 51.5 Å². The number of hydrogen-bond donors (Lipinski definition) is 1. The summed E-state index contributed by atoms with van der Waals surface area (Å²) in [6.07, 6.45) is 7.85. The van der Waals surface area contributed by atoms with Crippen LogP contribution >= 0.6 is 0 Å². The summed E-state index contributed by atoms with van der Waals surface area (Å²) in [6.45, 7) is 11.4. The first kappa shape index (κ1) is 18.0. The van der Waals surface area contributed by atoms with Gasteiger partial charge in [-0.25, -0.2) is 0 Å². The Bertz CT molecular complexity index is 519. The van der Waals surface area contributed by atoms with Crippen LogP contribution in [0.25, 0.3) is 0 Å². The molecule has 1 amide bonds. The quantitative estimate of drug-likeness (QED) is 0.787. The highest BCUT2D eigenvalue weighted by Crippen LogP contribution is 2.28. The molecule has 0 atom stereocenters. The fourth-order valence-corrected chi connectivity index (χ4v) is 3.44. The lowest BCUT2D eigenvalue weighted by molar-refractivity contribution is 0.0946. The SMILES string of the molecule is CC(C)c1cc(C(=O)NCCCC2CCCC2)nn1C(C)(C)C. The Hall–Kier alpha value is -1.32. The lowest BCUT2D eigenvalue weighted by Crippen LogP contribution is -2.28. The summed E-state index contributed by atoms with van der Waals surface area (Å²) in [5.41, 5.74) is 1.55. The van der Waals surface area contributed by atoms with Crippen molar-refractivity contribution in [2.75, 3.05) is 6.54 Å². The molecule has 0 saturated heterocycles. The van der Waals surface area contributed by atoms with Gasteiger partial charge in [-0.15, -0.1) is 0 Å². The highest BCUT2D eigenvalue weighted by atomic mass is 16.1. The van der Waals surface area contributed by atoms with Gasteiger partial charge in [-0.2, -0.15) is 5.10 Å². The zero-order chi connectivity index (χ0) is 17.0. The maximum atomic E-state index is 12.4. The molecule has 1 aliphatic rings. The van der Waals surface area contributed by atoms with E-state index in [2.05, 4.69) is 45.0 Å². The third kappa shape index (κ3) is 4.82. The predicted molar refractivity (Wildman–Crippen MR) is 94.8 cm³/mol. The van der Waals surface area contributed by atoms with E-state index in [1.807, 2.05) is 10.7 Å². The zero-order valence-corrected chi connectivity index (χ0v) is 15.5. The van der Waals surface area contributed by atoms with Crippen molar-refractivity contribution in [3.05, 3.63) is 17.5 Å². The summed E-state index contributed by atoms with van der Waals surface area (Å²) in [6, 6.07) is 1.95. The van der Waals surface area contributed by atoms with Gasteiger partial charge in [0.15, 0.2) is 0 Å². The minimum Gasteiger partial charge on any atom is -0.351 e. The molecule has 1 heterocycles. The fourth-order valence-electron chi connectivity index (χ4n) is 3.44. The van der Waals surface area contributed by atoms with Crippen LogP contribution in [0.1, 0.15) is 95.2 Å². The molecule has 1 aliphatic carbocycles. The van der Waals surface area contributed by atoms with Crippen LogP contribution in [0.5, 0.6) is 0 Å². The number of nitrogens with zero attached hydrogens (tertiary/aromatic N) is 2. The summed E-state index contributed by atoms with van der Waals surface area (Å²) in [5, 5.41) is 7.60. The number of hydrogen-bond acceptors (Lipinski definition) is 2. The molecule has 1 saturated carbocycles. The first-order valence-corrected chi connectivity index (χ1v) is 9.17. The van der Waals surface area contributed by atoms with E-state index in [1.54, 1.807) is 0 Å². The van der Waals surface area contributed by atoms with Gasteiger partial charge in [0, 0.05) is 12.2 Å². The first-order chi connectivity index (χ1) is 10.8. The Morgan fingerprint density at radius 3 is 2.52 bits per heavy atom. The van der Waals surface area contributed by atoms with Gasteiger partial charge < -0.3 is 5.32 Å². The largest absolute Gasteiger partial charge is 0.351 e. The van der Waals surface area contributed by atoms with E-state index < -0.39 is 0 Å². The molecule has 1 fully saturated rings. The second-order valence-corrected chi connectivity index (χ2v) is 8.24. The second kappa shape index (κ2) is 7.50. The van der Waals surface area contributed by atoms with E-state index in [0.717, 1.165) is 24.6 Å². The molecular formula is C19H33N3O. The predicted octanol–water partition coefficient (Wildman–Crippen LogP) is 4.46. The number of carbonyl (C=O) groups excluding carboxylic acids is 1. The normalized spacial score (nSPS) is 16.3. The number of amides is 1. The number of carbonyl (C=O) groups is 1. The van der Waals surface area contributed by atoms with Crippen molar-refractivity contribution in [1.29, 1.82) is 0 Å². The molecule has 0 spiro atoms. The van der Waals surface area contributed by atoms with Gasteiger partial charge in [0.05, 0.1) is 5.54 Å². The molecule has 0 radical (unpaired) electrons. The lowest BCUT2D eigenvalue weighted by Gasteiger charge is -2.23. The van der Waals surface area contributed by atoms with Gasteiger partial charge in [0.25, 0.3) is 5.91 Å². The molecule has 0 unspecified atom stereocenters. The molecule has 0 bridgehead atoms. The Morgan fingerprint density at radius 2 is 2.00 bits per heavy atom. The molecule has 4 heteroatoms. The van der Waals surface area contributed by atoms with Crippen molar-refractivity contribution in [2.24, 2.45) is 5.92 Å². The minimum absolute atomic E-state index is 0.0404. The first-order valence-electron chi connectivity index (χ1n) is 9.17. The summed E-state index contributed by atoms with van der Waals surface area (Å²) in [7, 11) is 0. The van der Waals surface area contributed by atoms with E-state index in [1.165, 1.54) is 32.1 Å². The van der Waals surface area contributed by atoms with Crippen molar-refractivity contribution in [3.63, 3.8) is 0 Å². The van der Waals surface area contributed by atoms with Crippen molar-refractivity contribution >= 4 is 5.91 Å². The van der Waals surface area contributed by atoms with Crippen LogP contribution in [0, 0.1) is 5.92 Å². The topological polar surface area (TPSA) is 46.9 Å². The van der Waals surface area contributed by atoms with Crippen molar-refractivity contribution in [3.8, 4) is 0 Å². The molecule has 0 aromatic carbocycles. The third-order valence-electron chi connectivity index (χ3n) is 4.75. The van der Waals surface area contributed by atoms with Crippen LogP contribution in [0.2, 0.25) is 0 Å². The summed E-state index contributed by atoms with van der Waals surface area (Å²) in [5.74, 6) is 1.20. The van der Waals surface area contributed by atoms with Crippen molar-refractivity contribution in [2.45, 2.75) is 84.6 Å². The van der Waals surface area contributed by atoms with E-state index in [-0.39, 0.29) is 11.4 Å². The maximum absolute atomic E-state index is 12.4. The van der Waals surface area contributed by atoms with Crippen LogP contribution < -0.4 is 5.32 Å². The van der Waals surface area contributed by atoms with Crippen LogP contribution in [0.4, 0.5) is 0 Å². The van der Waals surface area contributed by atoms with Crippen LogP contribution in [0.3, 0.4) is 0 Å². The molecule has 0 aliphatic heterocycles. The molecule has 1 aromatic heterocycles. The fraction of sp³-hybridized carbons (Fsp3) is 0.789. The van der Waals surface area contributed by atoms with Crippen LogP contribution in [-0.4, -0.2) is 22.2 Å². The molecule has 2 rings (SSSR count). The Balaban J connectivity index is 1.91. The molecule has 130 valence electrons. The number of aromatic nitrogens is 2. The molecular weight excluding hydrogens is 286 g/mol. The van der Waals surface area contributed by atoms with Crippen LogP contribution in [-0.2, 0) is 5.54 Å². The highest BCUT2D eigenvalue weighted by Gasteiger charge is 2.23. The van der Waals surface area contributed by atoms with E-state index in [4.69, 9.17) is 0 Å². The Labute approximate surface area is 141 Å². The standard InChI is InChI=1S/C19H33N3O/c1-14(2)17-13-16(21-22(17)19(3,4)5)18(23)20-12-8-11-15-9-6-7-10-15/h13-15H,6-12H2,1-5H3,(H,20,23). The zero-order valence-electron chi connectivity index (χ0n) is 15.5. The lowest BCUT2D eigenvalue weighted by atomic mass is 10.0. The smallest absolute Gasteiger partial charge is 0.271 e. The summed E-state index contributed by atoms with van der Waals surface area (Å²) < 4.78 is 1.99. The summed E-state index contributed by atoms with van der Waals surface area (Å²) >= 11 is 0. The average molecular weight is 319 g/mol. The number of rotatable bonds is 6. The van der Waals surface area contributed by atoms with E-state index in [9.17, 15) is 4.79 Å². The van der Waals surface area contributed by atoms with E-state index >= 15 is 0 Å².